The summed E-state index contributed by atoms with van der Waals surface area (Å²) in [6.45, 7) is 2.75. The first-order valence-corrected chi connectivity index (χ1v) is 7.25. The van der Waals surface area contributed by atoms with Crippen molar-refractivity contribution in [2.45, 2.75) is 32.6 Å². The molecule has 2 unspecified atom stereocenters. The summed E-state index contributed by atoms with van der Waals surface area (Å²) in [4.78, 5) is 12.0. The summed E-state index contributed by atoms with van der Waals surface area (Å²) in [5.74, 6) is 3.91. The Morgan fingerprint density at radius 1 is 1.33 bits per heavy atom. The standard InChI is InChI=1S/C15H21F2N3O/c1-9-3-2-4-10(5-9)8-19-15(21)11-6-12(16)14(20-18)13(17)7-11/h6-7,9-10,20H,2-5,8,18H2,1H3,(H,19,21). The maximum absolute atomic E-state index is 13.6. The highest BCUT2D eigenvalue weighted by molar-refractivity contribution is 5.94. The molecule has 1 aliphatic carbocycles. The number of hydrogen-bond acceptors (Lipinski definition) is 3. The first-order valence-electron chi connectivity index (χ1n) is 7.25. The third kappa shape index (κ3) is 3.91. The number of hydrogen-bond donors (Lipinski definition) is 3. The summed E-state index contributed by atoms with van der Waals surface area (Å²) < 4.78 is 27.1. The summed E-state index contributed by atoms with van der Waals surface area (Å²) >= 11 is 0. The second-order valence-electron chi connectivity index (χ2n) is 5.81. The normalized spacial score (nSPS) is 21.9. The van der Waals surface area contributed by atoms with E-state index in [1.54, 1.807) is 0 Å². The molecule has 1 aliphatic rings. The molecule has 1 amide bonds. The van der Waals surface area contributed by atoms with Gasteiger partial charge in [-0.15, -0.1) is 0 Å². The van der Waals surface area contributed by atoms with Gasteiger partial charge < -0.3 is 10.7 Å². The molecule has 2 atom stereocenters. The van der Waals surface area contributed by atoms with Crippen molar-refractivity contribution in [3.63, 3.8) is 0 Å². The number of nitrogens with two attached hydrogens (primary N) is 1. The Morgan fingerprint density at radius 3 is 2.57 bits per heavy atom. The fourth-order valence-corrected chi connectivity index (χ4v) is 2.93. The Labute approximate surface area is 123 Å². The number of carbonyl (C=O) groups is 1. The van der Waals surface area contributed by atoms with E-state index in [4.69, 9.17) is 5.84 Å². The van der Waals surface area contributed by atoms with Crippen LogP contribution < -0.4 is 16.6 Å². The highest BCUT2D eigenvalue weighted by Crippen LogP contribution is 2.28. The van der Waals surface area contributed by atoms with Crippen LogP contribution in [-0.2, 0) is 0 Å². The minimum absolute atomic E-state index is 0.0344. The van der Waals surface area contributed by atoms with Crippen LogP contribution in [-0.4, -0.2) is 12.5 Å². The number of halogens is 2. The molecule has 1 aromatic rings. The van der Waals surface area contributed by atoms with E-state index >= 15 is 0 Å². The van der Waals surface area contributed by atoms with Gasteiger partial charge in [-0.25, -0.2) is 8.78 Å². The number of hydrazine groups is 1. The van der Waals surface area contributed by atoms with Crippen LogP contribution in [0.2, 0.25) is 0 Å². The molecule has 1 saturated carbocycles. The monoisotopic (exact) mass is 297 g/mol. The highest BCUT2D eigenvalue weighted by Gasteiger charge is 2.20. The molecule has 116 valence electrons. The number of anilines is 1. The molecule has 0 aliphatic heterocycles. The molecule has 0 aromatic heterocycles. The van der Waals surface area contributed by atoms with E-state index in [1.807, 2.05) is 5.43 Å². The molecule has 0 heterocycles. The van der Waals surface area contributed by atoms with E-state index in [-0.39, 0.29) is 5.56 Å². The highest BCUT2D eigenvalue weighted by atomic mass is 19.1. The molecule has 2 rings (SSSR count). The maximum Gasteiger partial charge on any atom is 0.251 e. The van der Waals surface area contributed by atoms with Crippen molar-refractivity contribution < 1.29 is 13.6 Å². The van der Waals surface area contributed by atoms with Gasteiger partial charge in [-0.3, -0.25) is 10.6 Å². The van der Waals surface area contributed by atoms with E-state index in [0.29, 0.717) is 18.4 Å². The largest absolute Gasteiger partial charge is 0.352 e. The predicted molar refractivity (Wildman–Crippen MR) is 77.6 cm³/mol. The van der Waals surface area contributed by atoms with Gasteiger partial charge in [-0.05, 0) is 36.8 Å². The van der Waals surface area contributed by atoms with Crippen LogP contribution in [0.15, 0.2) is 12.1 Å². The van der Waals surface area contributed by atoms with E-state index in [9.17, 15) is 13.6 Å². The maximum atomic E-state index is 13.6. The van der Waals surface area contributed by atoms with Gasteiger partial charge in [0.1, 0.15) is 5.69 Å². The van der Waals surface area contributed by atoms with Gasteiger partial charge in [-0.1, -0.05) is 19.8 Å². The third-order valence-corrected chi connectivity index (χ3v) is 4.04. The molecule has 1 fully saturated rings. The smallest absolute Gasteiger partial charge is 0.251 e. The summed E-state index contributed by atoms with van der Waals surface area (Å²) in [5, 5.41) is 2.76. The average molecular weight is 297 g/mol. The lowest BCUT2D eigenvalue weighted by atomic mass is 9.82. The van der Waals surface area contributed by atoms with E-state index in [1.165, 1.54) is 12.8 Å². The fraction of sp³-hybridized carbons (Fsp3) is 0.533. The zero-order chi connectivity index (χ0) is 15.4. The Balaban J connectivity index is 1.97. The molecule has 0 saturated heterocycles. The van der Waals surface area contributed by atoms with Gasteiger partial charge in [0, 0.05) is 12.1 Å². The van der Waals surface area contributed by atoms with Crippen molar-refractivity contribution >= 4 is 11.6 Å². The molecule has 0 spiro atoms. The molecule has 4 N–H and O–H groups in total. The van der Waals surface area contributed by atoms with Gasteiger partial charge in [0.25, 0.3) is 5.91 Å². The molecular formula is C15H21F2N3O. The Hall–Kier alpha value is -1.69. The minimum atomic E-state index is -0.881. The molecule has 0 bridgehead atoms. The Kier molecular flexibility index (Phi) is 5.12. The van der Waals surface area contributed by atoms with Crippen LogP contribution in [0.3, 0.4) is 0 Å². The lowest BCUT2D eigenvalue weighted by Crippen LogP contribution is -2.31. The molecule has 1 aromatic carbocycles. The first kappa shape index (κ1) is 15.7. The van der Waals surface area contributed by atoms with Crippen LogP contribution in [0.1, 0.15) is 43.0 Å². The molecule has 0 radical (unpaired) electrons. The van der Waals surface area contributed by atoms with E-state index in [0.717, 1.165) is 25.0 Å². The van der Waals surface area contributed by atoms with Crippen LogP contribution in [0.4, 0.5) is 14.5 Å². The van der Waals surface area contributed by atoms with Gasteiger partial charge in [0.05, 0.1) is 0 Å². The van der Waals surface area contributed by atoms with Gasteiger partial charge in [0.15, 0.2) is 11.6 Å². The molecular weight excluding hydrogens is 276 g/mol. The summed E-state index contributed by atoms with van der Waals surface area (Å²) in [6.07, 6.45) is 4.57. The number of amides is 1. The van der Waals surface area contributed by atoms with Crippen molar-refractivity contribution in [3.05, 3.63) is 29.3 Å². The SMILES string of the molecule is CC1CCCC(CNC(=O)c2cc(F)c(NN)c(F)c2)C1. The first-order chi connectivity index (χ1) is 10.0. The number of carbonyl (C=O) groups excluding carboxylic acids is 1. The topological polar surface area (TPSA) is 67.2 Å². The Morgan fingerprint density at radius 2 is 2.00 bits per heavy atom. The van der Waals surface area contributed by atoms with Gasteiger partial charge in [-0.2, -0.15) is 0 Å². The second kappa shape index (κ2) is 6.85. The number of nitrogens with one attached hydrogen (secondary N) is 2. The van der Waals surface area contributed by atoms with Crippen LogP contribution >= 0.6 is 0 Å². The van der Waals surface area contributed by atoms with Gasteiger partial charge in [0.2, 0.25) is 0 Å². The molecule has 6 heteroatoms. The van der Waals surface area contributed by atoms with Crippen molar-refractivity contribution in [2.24, 2.45) is 17.7 Å². The molecule has 21 heavy (non-hydrogen) atoms. The number of rotatable bonds is 4. The van der Waals surface area contributed by atoms with Gasteiger partial charge >= 0.3 is 0 Å². The number of benzene rings is 1. The van der Waals surface area contributed by atoms with E-state index < -0.39 is 23.2 Å². The third-order valence-electron chi connectivity index (χ3n) is 4.04. The lowest BCUT2D eigenvalue weighted by molar-refractivity contribution is 0.0940. The average Bonchev–Trinajstić information content (AvgIpc) is 2.44. The zero-order valence-corrected chi connectivity index (χ0v) is 12.1. The zero-order valence-electron chi connectivity index (χ0n) is 12.1. The van der Waals surface area contributed by atoms with Crippen LogP contribution in [0.25, 0.3) is 0 Å². The quantitative estimate of drug-likeness (QED) is 0.591. The summed E-state index contributed by atoms with van der Waals surface area (Å²) in [7, 11) is 0. The minimum Gasteiger partial charge on any atom is -0.352 e. The van der Waals surface area contributed by atoms with Crippen LogP contribution in [0, 0.1) is 23.5 Å². The predicted octanol–water partition coefficient (Wildman–Crippen LogP) is 2.81. The molecule has 4 nitrogen and oxygen atoms in total. The van der Waals surface area contributed by atoms with Crippen molar-refractivity contribution in [1.82, 2.24) is 5.32 Å². The van der Waals surface area contributed by atoms with Crippen molar-refractivity contribution in [2.75, 3.05) is 12.0 Å². The second-order valence-corrected chi connectivity index (χ2v) is 5.81. The summed E-state index contributed by atoms with van der Waals surface area (Å²) in [5.41, 5.74) is 1.46. The fourth-order valence-electron chi connectivity index (χ4n) is 2.93. The Bertz CT molecular complexity index is 499. The van der Waals surface area contributed by atoms with Crippen molar-refractivity contribution in [1.29, 1.82) is 0 Å². The lowest BCUT2D eigenvalue weighted by Gasteiger charge is -2.26. The van der Waals surface area contributed by atoms with E-state index in [2.05, 4.69) is 12.2 Å². The van der Waals surface area contributed by atoms with Crippen LogP contribution in [0.5, 0.6) is 0 Å². The number of nitrogen functional groups attached to an aromatic ring is 1. The summed E-state index contributed by atoms with van der Waals surface area (Å²) in [6, 6.07) is 1.97. The van der Waals surface area contributed by atoms with Crippen molar-refractivity contribution in [3.8, 4) is 0 Å².